The van der Waals surface area contributed by atoms with Gasteiger partial charge in [-0.1, -0.05) is 83.9 Å². The zero-order chi connectivity index (χ0) is 39.2. The molecule has 6 nitrogen and oxygen atoms in total. The Morgan fingerprint density at radius 2 is 1.36 bits per heavy atom. The Balaban J connectivity index is 1.34. The highest BCUT2D eigenvalue weighted by molar-refractivity contribution is 6.32. The summed E-state index contributed by atoms with van der Waals surface area (Å²) in [5, 5.41) is 11.6. The van der Waals surface area contributed by atoms with Crippen molar-refractivity contribution in [2.75, 3.05) is 4.90 Å². The molecule has 2 fully saturated rings. The highest BCUT2D eigenvalue weighted by Crippen LogP contribution is 2.64. The first-order valence-corrected chi connectivity index (χ1v) is 17.7. The molecule has 1 aliphatic heterocycles. The predicted molar refractivity (Wildman–Crippen MR) is 189 cm³/mol. The summed E-state index contributed by atoms with van der Waals surface area (Å²) in [6, 6.07) is 21.8. The zero-order valence-electron chi connectivity index (χ0n) is 28.4. The van der Waals surface area contributed by atoms with Crippen molar-refractivity contribution in [3.8, 4) is 5.75 Å². The van der Waals surface area contributed by atoms with Crippen molar-refractivity contribution in [1.29, 1.82) is 0 Å². The Labute approximate surface area is 314 Å². The molecule has 0 radical (unpaired) electrons. The van der Waals surface area contributed by atoms with Gasteiger partial charge in [0.25, 0.3) is 0 Å². The van der Waals surface area contributed by atoms with Crippen molar-refractivity contribution in [3.63, 3.8) is 0 Å². The minimum absolute atomic E-state index is 0.0862. The molecule has 8 rings (SSSR count). The van der Waals surface area contributed by atoms with Crippen molar-refractivity contribution >= 4 is 46.2 Å². The molecule has 4 aliphatic rings. The fourth-order valence-electron chi connectivity index (χ4n) is 9.30. The maximum atomic E-state index is 15.1. The van der Waals surface area contributed by atoms with Gasteiger partial charge in [0, 0.05) is 28.0 Å². The van der Waals surface area contributed by atoms with Crippen LogP contribution in [0.3, 0.4) is 0 Å². The van der Waals surface area contributed by atoms with Gasteiger partial charge in [-0.05, 0) is 72.4 Å². The lowest BCUT2D eigenvalue weighted by molar-refractivity contribution is -0.143. The highest BCUT2D eigenvalue weighted by atomic mass is 35.5. The SMILES string of the molecule is O=C1C(c2ccccc2)=CC(=O)C2(c3ccccc3)C1CC1C(=CCC3C(=O)N(c4cc(C(F)(F)F)cc(C(F)(F)F)c4)C(=O)C31)C2c1cc(Cl)ccc1O. The van der Waals surface area contributed by atoms with Crippen LogP contribution in [0.2, 0.25) is 5.02 Å². The van der Waals surface area contributed by atoms with Crippen LogP contribution in [0.1, 0.15) is 46.6 Å². The van der Waals surface area contributed by atoms with E-state index in [-0.39, 0.29) is 40.8 Å². The number of imide groups is 1. The molecule has 13 heteroatoms. The summed E-state index contributed by atoms with van der Waals surface area (Å²) in [6.45, 7) is 0. The number of hydrogen-bond acceptors (Lipinski definition) is 5. The number of aromatic hydroxyl groups is 1. The van der Waals surface area contributed by atoms with Gasteiger partial charge in [0.1, 0.15) is 5.75 Å². The van der Waals surface area contributed by atoms with Gasteiger partial charge < -0.3 is 5.11 Å². The maximum absolute atomic E-state index is 15.1. The Bertz CT molecular complexity index is 2320. The van der Waals surface area contributed by atoms with E-state index in [1.165, 1.54) is 24.3 Å². The Morgan fingerprint density at radius 3 is 1.98 bits per heavy atom. The van der Waals surface area contributed by atoms with E-state index in [9.17, 15) is 45.8 Å². The molecule has 6 atom stereocenters. The third kappa shape index (κ3) is 5.63. The number of nitrogens with zero attached hydrogens (tertiary/aromatic N) is 1. The second-order valence-electron chi connectivity index (χ2n) is 14.3. The van der Waals surface area contributed by atoms with Crippen molar-refractivity contribution in [3.05, 3.63) is 148 Å². The van der Waals surface area contributed by atoms with Crippen molar-refractivity contribution < 1.29 is 50.6 Å². The van der Waals surface area contributed by atoms with E-state index in [0.717, 1.165) is 0 Å². The van der Waals surface area contributed by atoms with E-state index in [2.05, 4.69) is 0 Å². The maximum Gasteiger partial charge on any atom is 0.416 e. The molecule has 1 heterocycles. The number of anilines is 1. The van der Waals surface area contributed by atoms with Gasteiger partial charge in [0.2, 0.25) is 11.8 Å². The lowest BCUT2D eigenvalue weighted by Crippen LogP contribution is -2.58. The minimum Gasteiger partial charge on any atom is -0.508 e. The fraction of sp³-hybridized carbons (Fsp3) is 0.238. The number of allylic oxidation sites excluding steroid dienone is 4. The number of hydrogen-bond donors (Lipinski definition) is 1. The molecular formula is C42H28ClF6NO5. The molecule has 55 heavy (non-hydrogen) atoms. The Kier molecular flexibility index (Phi) is 8.49. The molecule has 1 saturated carbocycles. The number of amides is 2. The molecule has 0 bridgehead atoms. The number of ketones is 2. The summed E-state index contributed by atoms with van der Waals surface area (Å²) in [5.74, 6) is -9.13. The van der Waals surface area contributed by atoms with Crippen LogP contribution < -0.4 is 4.90 Å². The second kappa shape index (κ2) is 12.8. The van der Waals surface area contributed by atoms with Gasteiger partial charge in [0.15, 0.2) is 11.6 Å². The zero-order valence-corrected chi connectivity index (χ0v) is 29.1. The van der Waals surface area contributed by atoms with Crippen LogP contribution in [0, 0.1) is 23.7 Å². The van der Waals surface area contributed by atoms with E-state index in [4.69, 9.17) is 11.6 Å². The van der Waals surface area contributed by atoms with Gasteiger partial charge in [-0.3, -0.25) is 19.2 Å². The number of alkyl halides is 6. The monoisotopic (exact) mass is 775 g/mol. The number of carbonyl (C=O) groups excluding carboxylic acids is 4. The molecule has 1 N–H and O–H groups in total. The first-order valence-electron chi connectivity index (χ1n) is 17.3. The fourth-order valence-corrected chi connectivity index (χ4v) is 9.48. The van der Waals surface area contributed by atoms with Crippen LogP contribution in [0.25, 0.3) is 5.57 Å². The summed E-state index contributed by atoms with van der Waals surface area (Å²) in [4.78, 5) is 59.0. The molecule has 4 aromatic rings. The van der Waals surface area contributed by atoms with Crippen molar-refractivity contribution in [2.45, 2.75) is 36.5 Å². The Morgan fingerprint density at radius 1 is 0.745 bits per heavy atom. The molecule has 3 aliphatic carbocycles. The quantitative estimate of drug-likeness (QED) is 0.127. The lowest BCUT2D eigenvalue weighted by atomic mass is 9.44. The Hall–Kier alpha value is -5.49. The van der Waals surface area contributed by atoms with Gasteiger partial charge in [-0.15, -0.1) is 0 Å². The van der Waals surface area contributed by atoms with E-state index in [1.54, 1.807) is 66.7 Å². The third-order valence-corrected chi connectivity index (χ3v) is 11.7. The molecule has 0 aromatic heterocycles. The topological polar surface area (TPSA) is 91.8 Å². The number of fused-ring (bicyclic) bond motifs is 4. The number of phenols is 1. The standard InChI is InChI=1S/C42H28ClF6NO5/c43-25-11-14-33(51)31(18-25)36-27-12-13-28-35(39(55)50(38(28)54)26-16-23(41(44,45)46)15-24(17-26)42(47,48)49)30(27)19-32-37(53)29(21-7-3-1-4-8-21)20-34(52)40(32,36)22-9-5-2-6-10-22/h1-12,14-18,20,28,30,32,35-36,51H,13,19H2. The summed E-state index contributed by atoms with van der Waals surface area (Å²) in [5.41, 5.74) is -4.40. The number of Topliss-reactive ketones (excluding diaryl/α,β-unsaturated/α-hetero) is 1. The average molecular weight is 776 g/mol. The molecule has 1 saturated heterocycles. The molecule has 2 amide bonds. The van der Waals surface area contributed by atoms with E-state index in [1.807, 2.05) is 0 Å². The molecule has 280 valence electrons. The van der Waals surface area contributed by atoms with Crippen molar-refractivity contribution in [1.82, 2.24) is 0 Å². The molecule has 0 spiro atoms. The minimum atomic E-state index is -5.24. The third-order valence-electron chi connectivity index (χ3n) is 11.5. The average Bonchev–Trinajstić information content (AvgIpc) is 3.41. The number of benzene rings is 4. The van der Waals surface area contributed by atoms with Crippen LogP contribution in [0.5, 0.6) is 5.75 Å². The number of carbonyl (C=O) groups is 4. The predicted octanol–water partition coefficient (Wildman–Crippen LogP) is 9.11. The number of phenolic OH excluding ortho intramolecular Hbond substituents is 1. The summed E-state index contributed by atoms with van der Waals surface area (Å²) < 4.78 is 83.4. The van der Waals surface area contributed by atoms with E-state index >= 15 is 4.79 Å². The van der Waals surface area contributed by atoms with Gasteiger partial charge in [-0.2, -0.15) is 26.3 Å². The molecular weight excluding hydrogens is 748 g/mol. The normalized spacial score (nSPS) is 26.6. The summed E-state index contributed by atoms with van der Waals surface area (Å²) in [6.07, 6.45) is -7.88. The van der Waals surface area contributed by atoms with Crippen LogP contribution in [-0.4, -0.2) is 28.5 Å². The van der Waals surface area contributed by atoms with Crippen LogP contribution in [0.15, 0.2) is 115 Å². The van der Waals surface area contributed by atoms with Crippen LogP contribution in [0.4, 0.5) is 32.0 Å². The van der Waals surface area contributed by atoms with Crippen LogP contribution in [-0.2, 0) is 36.9 Å². The van der Waals surface area contributed by atoms with Gasteiger partial charge in [-0.25, -0.2) is 4.90 Å². The smallest absolute Gasteiger partial charge is 0.416 e. The first-order chi connectivity index (χ1) is 26.0. The molecule has 6 unspecified atom stereocenters. The highest BCUT2D eigenvalue weighted by Gasteiger charge is 2.66. The van der Waals surface area contributed by atoms with E-state index < -0.39 is 87.6 Å². The number of halogens is 7. The van der Waals surface area contributed by atoms with Gasteiger partial charge >= 0.3 is 12.4 Å². The number of rotatable bonds is 4. The summed E-state index contributed by atoms with van der Waals surface area (Å²) in [7, 11) is 0. The summed E-state index contributed by atoms with van der Waals surface area (Å²) >= 11 is 6.49. The van der Waals surface area contributed by atoms with Crippen molar-refractivity contribution in [2.24, 2.45) is 23.7 Å². The first kappa shape index (κ1) is 36.5. The van der Waals surface area contributed by atoms with Gasteiger partial charge in [0.05, 0.1) is 34.1 Å². The largest absolute Gasteiger partial charge is 0.508 e. The van der Waals surface area contributed by atoms with E-state index in [0.29, 0.717) is 33.7 Å². The lowest BCUT2D eigenvalue weighted by Gasteiger charge is -2.55. The second-order valence-corrected chi connectivity index (χ2v) is 14.7. The van der Waals surface area contributed by atoms with Crippen LogP contribution >= 0.6 is 11.6 Å². The molecule has 4 aromatic carbocycles.